The van der Waals surface area contributed by atoms with Crippen LogP contribution in [0.25, 0.3) is 0 Å². The average molecular weight is 225 g/mol. The lowest BCUT2D eigenvalue weighted by Crippen LogP contribution is -2.45. The number of rotatable bonds is 5. The molecule has 2 fully saturated rings. The van der Waals surface area contributed by atoms with Crippen LogP contribution in [0, 0.1) is 17.3 Å². The highest BCUT2D eigenvalue weighted by atomic mass is 16.4. The van der Waals surface area contributed by atoms with Crippen molar-refractivity contribution in [2.45, 2.75) is 39.0 Å². The number of hydrogen-bond acceptors (Lipinski definition) is 2. The summed E-state index contributed by atoms with van der Waals surface area (Å²) in [5.74, 6) is -1.62. The average Bonchev–Trinajstić information content (AvgIpc) is 2.92. The molecule has 0 saturated heterocycles. The number of amides is 1. The second-order valence-electron chi connectivity index (χ2n) is 5.20. The summed E-state index contributed by atoms with van der Waals surface area (Å²) in [4.78, 5) is 22.5. The summed E-state index contributed by atoms with van der Waals surface area (Å²) in [5.41, 5.74) is 0.331. The van der Waals surface area contributed by atoms with E-state index in [0.29, 0.717) is 11.8 Å². The van der Waals surface area contributed by atoms with E-state index in [4.69, 9.17) is 5.11 Å². The zero-order valence-electron chi connectivity index (χ0n) is 9.66. The van der Waals surface area contributed by atoms with Crippen molar-refractivity contribution < 1.29 is 14.7 Å². The van der Waals surface area contributed by atoms with Crippen molar-refractivity contribution in [3.8, 4) is 0 Å². The van der Waals surface area contributed by atoms with Gasteiger partial charge in [-0.15, -0.1) is 0 Å². The van der Waals surface area contributed by atoms with Crippen LogP contribution in [0.3, 0.4) is 0 Å². The molecule has 90 valence electrons. The molecule has 16 heavy (non-hydrogen) atoms. The van der Waals surface area contributed by atoms with Crippen LogP contribution in [-0.4, -0.2) is 23.5 Å². The molecule has 2 aliphatic rings. The van der Waals surface area contributed by atoms with Gasteiger partial charge in [0.15, 0.2) is 0 Å². The van der Waals surface area contributed by atoms with Crippen molar-refractivity contribution in [2.75, 3.05) is 6.54 Å². The fourth-order valence-corrected chi connectivity index (χ4v) is 2.35. The van der Waals surface area contributed by atoms with Crippen LogP contribution in [-0.2, 0) is 9.59 Å². The quantitative estimate of drug-likeness (QED) is 0.743. The molecule has 0 aromatic carbocycles. The van der Waals surface area contributed by atoms with Gasteiger partial charge in [0.05, 0.1) is 11.8 Å². The highest BCUT2D eigenvalue weighted by molar-refractivity contribution is 5.86. The van der Waals surface area contributed by atoms with E-state index in [1.807, 2.05) is 0 Å². The smallest absolute Gasteiger partial charge is 0.307 e. The molecule has 2 unspecified atom stereocenters. The van der Waals surface area contributed by atoms with Gasteiger partial charge in [0.25, 0.3) is 0 Å². The maximum atomic E-state index is 11.8. The van der Waals surface area contributed by atoms with Crippen molar-refractivity contribution in [3.05, 3.63) is 0 Å². The molecule has 2 aliphatic carbocycles. The van der Waals surface area contributed by atoms with E-state index >= 15 is 0 Å². The fraction of sp³-hybridized carbons (Fsp3) is 0.833. The lowest BCUT2D eigenvalue weighted by molar-refractivity contribution is -0.152. The van der Waals surface area contributed by atoms with Gasteiger partial charge in [0.1, 0.15) is 0 Å². The molecule has 0 radical (unpaired) electrons. The maximum Gasteiger partial charge on any atom is 0.307 e. The van der Waals surface area contributed by atoms with E-state index < -0.39 is 11.9 Å². The normalized spacial score (nSPS) is 30.3. The summed E-state index contributed by atoms with van der Waals surface area (Å²) in [7, 11) is 0. The van der Waals surface area contributed by atoms with Gasteiger partial charge in [0, 0.05) is 6.54 Å². The van der Waals surface area contributed by atoms with Crippen LogP contribution in [0.4, 0.5) is 0 Å². The van der Waals surface area contributed by atoms with Gasteiger partial charge >= 0.3 is 5.97 Å². The predicted octanol–water partition coefficient (Wildman–Crippen LogP) is 1.40. The van der Waals surface area contributed by atoms with Crippen molar-refractivity contribution in [1.29, 1.82) is 0 Å². The molecule has 4 nitrogen and oxygen atoms in total. The first-order valence-corrected chi connectivity index (χ1v) is 6.08. The first kappa shape index (κ1) is 11.4. The van der Waals surface area contributed by atoms with Crippen LogP contribution >= 0.6 is 0 Å². The minimum atomic E-state index is -0.831. The van der Waals surface area contributed by atoms with Crippen LogP contribution in [0.2, 0.25) is 0 Å². The molecule has 0 aliphatic heterocycles. The number of carbonyl (C=O) groups is 2. The lowest BCUT2D eigenvalue weighted by atomic mass is 9.73. The second kappa shape index (κ2) is 4.07. The number of aliphatic carboxylic acids is 1. The maximum absolute atomic E-state index is 11.8. The van der Waals surface area contributed by atoms with E-state index in [0.717, 1.165) is 19.4 Å². The van der Waals surface area contributed by atoms with Gasteiger partial charge in [-0.2, -0.15) is 0 Å². The molecule has 0 heterocycles. The number of nitrogens with one attached hydrogen (secondary N) is 1. The molecule has 2 N–H and O–H groups in total. The standard InChI is InChI=1S/C12H19NO3/c1-2-12(5-6-12)7-13-10(14)8-3-4-9(8)11(15)16/h8-9H,2-7H2,1H3,(H,13,14)(H,15,16). The first-order valence-electron chi connectivity index (χ1n) is 6.08. The Labute approximate surface area is 95.4 Å². The third kappa shape index (κ3) is 2.06. The molecule has 0 aromatic rings. The third-order valence-corrected chi connectivity index (χ3v) is 4.27. The highest BCUT2D eigenvalue weighted by Crippen LogP contribution is 2.48. The Morgan fingerprint density at radius 1 is 1.31 bits per heavy atom. The van der Waals surface area contributed by atoms with E-state index in [1.165, 1.54) is 12.8 Å². The minimum Gasteiger partial charge on any atom is -0.481 e. The number of carbonyl (C=O) groups excluding carboxylic acids is 1. The Kier molecular flexibility index (Phi) is 2.91. The summed E-state index contributed by atoms with van der Waals surface area (Å²) in [6.45, 7) is 2.87. The molecule has 4 heteroatoms. The fourth-order valence-electron chi connectivity index (χ4n) is 2.35. The largest absolute Gasteiger partial charge is 0.481 e. The number of carboxylic acid groups (broad SMARTS) is 1. The van der Waals surface area contributed by atoms with E-state index in [-0.39, 0.29) is 11.8 Å². The van der Waals surface area contributed by atoms with Gasteiger partial charge in [-0.3, -0.25) is 9.59 Å². The summed E-state index contributed by atoms with van der Waals surface area (Å²) in [6, 6.07) is 0. The van der Waals surface area contributed by atoms with Crippen molar-refractivity contribution in [2.24, 2.45) is 17.3 Å². The predicted molar refractivity (Wildman–Crippen MR) is 58.8 cm³/mol. The first-order chi connectivity index (χ1) is 7.58. The Hall–Kier alpha value is -1.06. The Bertz CT molecular complexity index is 309. The molecule has 2 atom stereocenters. The van der Waals surface area contributed by atoms with Crippen LogP contribution in [0.15, 0.2) is 0 Å². The Morgan fingerprint density at radius 3 is 2.31 bits per heavy atom. The van der Waals surface area contributed by atoms with Crippen LogP contribution in [0.1, 0.15) is 39.0 Å². The van der Waals surface area contributed by atoms with Crippen LogP contribution < -0.4 is 5.32 Å². The Morgan fingerprint density at radius 2 is 1.94 bits per heavy atom. The number of carboxylic acids is 1. The van der Waals surface area contributed by atoms with Crippen molar-refractivity contribution >= 4 is 11.9 Å². The number of hydrogen-bond donors (Lipinski definition) is 2. The van der Waals surface area contributed by atoms with Crippen molar-refractivity contribution in [1.82, 2.24) is 5.32 Å². The zero-order valence-corrected chi connectivity index (χ0v) is 9.66. The summed E-state index contributed by atoms with van der Waals surface area (Å²) in [6.07, 6.45) is 4.85. The summed E-state index contributed by atoms with van der Waals surface area (Å²) in [5, 5.41) is 11.8. The van der Waals surface area contributed by atoms with Crippen molar-refractivity contribution in [3.63, 3.8) is 0 Å². The summed E-state index contributed by atoms with van der Waals surface area (Å²) < 4.78 is 0. The molecule has 0 spiro atoms. The Balaban J connectivity index is 1.78. The molecule has 2 saturated carbocycles. The zero-order chi connectivity index (χ0) is 11.8. The lowest BCUT2D eigenvalue weighted by Gasteiger charge is -2.32. The van der Waals surface area contributed by atoms with Gasteiger partial charge in [0.2, 0.25) is 5.91 Å². The molecular weight excluding hydrogens is 206 g/mol. The molecule has 1 amide bonds. The third-order valence-electron chi connectivity index (χ3n) is 4.27. The molecular formula is C12H19NO3. The molecule has 2 rings (SSSR count). The monoisotopic (exact) mass is 225 g/mol. The SMILES string of the molecule is CCC1(CNC(=O)C2CCC2C(=O)O)CC1. The van der Waals surface area contributed by atoms with Crippen LogP contribution in [0.5, 0.6) is 0 Å². The highest BCUT2D eigenvalue weighted by Gasteiger charge is 2.44. The second-order valence-corrected chi connectivity index (χ2v) is 5.20. The van der Waals surface area contributed by atoms with Gasteiger partial charge in [-0.1, -0.05) is 6.92 Å². The molecule has 0 aromatic heterocycles. The van der Waals surface area contributed by atoms with E-state index in [2.05, 4.69) is 12.2 Å². The van der Waals surface area contributed by atoms with Gasteiger partial charge < -0.3 is 10.4 Å². The van der Waals surface area contributed by atoms with Gasteiger partial charge in [-0.25, -0.2) is 0 Å². The van der Waals surface area contributed by atoms with Gasteiger partial charge in [-0.05, 0) is 37.5 Å². The van der Waals surface area contributed by atoms with E-state index in [9.17, 15) is 9.59 Å². The molecule has 0 bridgehead atoms. The summed E-state index contributed by atoms with van der Waals surface area (Å²) >= 11 is 0. The van der Waals surface area contributed by atoms with E-state index in [1.54, 1.807) is 0 Å². The topological polar surface area (TPSA) is 66.4 Å². The minimum absolute atomic E-state index is 0.0571.